The summed E-state index contributed by atoms with van der Waals surface area (Å²) in [7, 11) is -3.89. The fourth-order valence-electron chi connectivity index (χ4n) is 4.80. The quantitative estimate of drug-likeness (QED) is 0.745. The van der Waals surface area contributed by atoms with Gasteiger partial charge in [-0.25, -0.2) is 8.42 Å². The average molecular weight is 443 g/mol. The van der Waals surface area contributed by atoms with Crippen LogP contribution in [0.15, 0.2) is 59.5 Å². The summed E-state index contributed by atoms with van der Waals surface area (Å²) < 4.78 is 28.8. The molecule has 7 heteroatoms. The highest BCUT2D eigenvalue weighted by Gasteiger charge is 2.45. The molecule has 1 amide bonds. The third-order valence-corrected chi connectivity index (χ3v) is 8.16. The normalized spacial score (nSPS) is 25.0. The van der Waals surface area contributed by atoms with Crippen molar-refractivity contribution in [3.8, 4) is 0 Å². The lowest BCUT2D eigenvalue weighted by atomic mass is 9.71. The number of carbonyl (C=O) groups is 1. The summed E-state index contributed by atoms with van der Waals surface area (Å²) >= 11 is 0. The number of rotatable bonds is 5. The Balaban J connectivity index is 1.60. The zero-order valence-corrected chi connectivity index (χ0v) is 18.6. The van der Waals surface area contributed by atoms with E-state index in [1.165, 1.54) is 0 Å². The number of fused-ring (bicyclic) bond motifs is 1. The molecule has 0 bridgehead atoms. The lowest BCUT2D eigenvalue weighted by Gasteiger charge is -2.48. The van der Waals surface area contributed by atoms with Gasteiger partial charge in [-0.2, -0.15) is 4.72 Å². The maximum atomic E-state index is 13.6. The van der Waals surface area contributed by atoms with Gasteiger partial charge in [0.15, 0.2) is 0 Å². The zero-order chi connectivity index (χ0) is 22.1. The van der Waals surface area contributed by atoms with Gasteiger partial charge < -0.3 is 10.0 Å². The second-order valence-electron chi connectivity index (χ2n) is 8.86. The summed E-state index contributed by atoms with van der Waals surface area (Å²) in [5, 5.41) is 11.0. The van der Waals surface area contributed by atoms with E-state index in [-0.39, 0.29) is 16.7 Å². The van der Waals surface area contributed by atoms with Crippen LogP contribution in [0.25, 0.3) is 0 Å². The smallest absolute Gasteiger partial charge is 0.245 e. The largest absolute Gasteiger partial charge is 0.389 e. The second kappa shape index (κ2) is 8.73. The van der Waals surface area contributed by atoms with Crippen molar-refractivity contribution in [2.75, 3.05) is 13.1 Å². The van der Waals surface area contributed by atoms with Gasteiger partial charge >= 0.3 is 0 Å². The maximum Gasteiger partial charge on any atom is 0.245 e. The molecule has 0 aromatic heterocycles. The summed E-state index contributed by atoms with van der Waals surface area (Å²) in [6.07, 6.45) is 4.28. The van der Waals surface area contributed by atoms with Crippen molar-refractivity contribution in [1.82, 2.24) is 9.62 Å². The van der Waals surface area contributed by atoms with Crippen molar-refractivity contribution in [1.29, 1.82) is 0 Å². The Hall–Kier alpha value is -2.22. The third kappa shape index (κ3) is 4.68. The molecule has 1 aliphatic heterocycles. The molecule has 2 aliphatic rings. The van der Waals surface area contributed by atoms with E-state index in [9.17, 15) is 18.3 Å². The SMILES string of the molecule is Cc1ccc(S(=O)(=O)N[C@H](C(=O)N2CC[C@]3(O)CCCC[C@@H]3C2)c2ccccc2)cc1. The van der Waals surface area contributed by atoms with Crippen LogP contribution in [0.2, 0.25) is 0 Å². The van der Waals surface area contributed by atoms with E-state index in [0.717, 1.165) is 31.2 Å². The molecular weight excluding hydrogens is 412 g/mol. The van der Waals surface area contributed by atoms with Gasteiger partial charge in [0.1, 0.15) is 6.04 Å². The minimum atomic E-state index is -3.89. The Morgan fingerprint density at radius 1 is 1.10 bits per heavy atom. The molecule has 4 rings (SSSR count). The van der Waals surface area contributed by atoms with E-state index >= 15 is 0 Å². The number of piperidine rings is 1. The van der Waals surface area contributed by atoms with E-state index in [0.29, 0.717) is 25.1 Å². The molecule has 1 saturated heterocycles. The molecule has 2 N–H and O–H groups in total. The predicted octanol–water partition coefficient (Wildman–Crippen LogP) is 3.17. The predicted molar refractivity (Wildman–Crippen MR) is 119 cm³/mol. The van der Waals surface area contributed by atoms with E-state index < -0.39 is 21.7 Å². The Kier molecular flexibility index (Phi) is 6.19. The number of likely N-dealkylation sites (tertiary alicyclic amines) is 1. The summed E-state index contributed by atoms with van der Waals surface area (Å²) in [6, 6.07) is 14.5. The number of hydrogen-bond acceptors (Lipinski definition) is 4. The first-order chi connectivity index (χ1) is 14.8. The Labute approximate surface area is 184 Å². The molecular formula is C24H30N2O4S. The maximum absolute atomic E-state index is 13.6. The summed E-state index contributed by atoms with van der Waals surface area (Å²) in [5.74, 6) is -0.224. The molecule has 0 unspecified atom stereocenters. The summed E-state index contributed by atoms with van der Waals surface area (Å²) in [6.45, 7) is 2.79. The molecule has 0 radical (unpaired) electrons. The first-order valence-corrected chi connectivity index (χ1v) is 12.4. The fraction of sp³-hybridized carbons (Fsp3) is 0.458. The number of nitrogens with one attached hydrogen (secondary N) is 1. The summed E-state index contributed by atoms with van der Waals surface area (Å²) in [4.78, 5) is 15.4. The summed E-state index contributed by atoms with van der Waals surface area (Å²) in [5.41, 5.74) is 0.870. The molecule has 31 heavy (non-hydrogen) atoms. The van der Waals surface area contributed by atoms with Crippen LogP contribution in [-0.4, -0.2) is 43.0 Å². The molecule has 1 aliphatic carbocycles. The van der Waals surface area contributed by atoms with Crippen LogP contribution in [-0.2, 0) is 14.8 Å². The number of nitrogens with zero attached hydrogens (tertiary/aromatic N) is 1. The second-order valence-corrected chi connectivity index (χ2v) is 10.6. The van der Waals surface area contributed by atoms with E-state index in [4.69, 9.17) is 0 Å². The number of hydrogen-bond donors (Lipinski definition) is 2. The van der Waals surface area contributed by atoms with Gasteiger partial charge in [0, 0.05) is 19.0 Å². The van der Waals surface area contributed by atoms with Gasteiger partial charge in [0.05, 0.1) is 10.5 Å². The third-order valence-electron chi connectivity index (χ3n) is 6.72. The highest BCUT2D eigenvalue weighted by molar-refractivity contribution is 7.89. The van der Waals surface area contributed by atoms with Crippen molar-refractivity contribution in [3.05, 3.63) is 65.7 Å². The number of amides is 1. The highest BCUT2D eigenvalue weighted by Crippen LogP contribution is 2.40. The Morgan fingerprint density at radius 2 is 1.81 bits per heavy atom. The van der Waals surface area contributed by atoms with Crippen LogP contribution in [0, 0.1) is 12.8 Å². The van der Waals surface area contributed by atoms with Crippen molar-refractivity contribution in [3.63, 3.8) is 0 Å². The van der Waals surface area contributed by atoms with Crippen LogP contribution >= 0.6 is 0 Å². The molecule has 2 fully saturated rings. The van der Waals surface area contributed by atoms with Crippen molar-refractivity contribution < 1.29 is 18.3 Å². The number of benzene rings is 2. The zero-order valence-electron chi connectivity index (χ0n) is 17.8. The standard InChI is InChI=1S/C24H30N2O4S/c1-18-10-12-21(13-11-18)31(29,30)25-22(19-7-3-2-4-8-19)23(27)26-16-15-24(28)14-6-5-9-20(24)17-26/h2-4,7-8,10-13,20,22,25,28H,5-6,9,14-17H2,1H3/t20-,22+,24-/m1/s1. The van der Waals surface area contributed by atoms with Crippen LogP contribution in [0.5, 0.6) is 0 Å². The molecule has 2 aromatic rings. The van der Waals surface area contributed by atoms with Gasteiger partial charge in [0.25, 0.3) is 0 Å². The molecule has 6 nitrogen and oxygen atoms in total. The van der Waals surface area contributed by atoms with Crippen LogP contribution in [0.3, 0.4) is 0 Å². The number of sulfonamides is 1. The topological polar surface area (TPSA) is 86.7 Å². The first kappa shape index (κ1) is 22.0. The lowest BCUT2D eigenvalue weighted by molar-refractivity contribution is -0.145. The van der Waals surface area contributed by atoms with Gasteiger partial charge in [-0.05, 0) is 43.9 Å². The molecule has 1 heterocycles. The highest BCUT2D eigenvalue weighted by atomic mass is 32.2. The minimum Gasteiger partial charge on any atom is -0.389 e. The molecule has 1 saturated carbocycles. The minimum absolute atomic E-state index is 0.0454. The van der Waals surface area contributed by atoms with Crippen LogP contribution in [0.4, 0.5) is 0 Å². The van der Waals surface area contributed by atoms with E-state index in [1.807, 2.05) is 13.0 Å². The molecule has 0 spiro atoms. The lowest BCUT2D eigenvalue weighted by Crippen LogP contribution is -2.56. The first-order valence-electron chi connectivity index (χ1n) is 10.9. The Bertz CT molecular complexity index is 1020. The fourth-order valence-corrected chi connectivity index (χ4v) is 5.98. The van der Waals surface area contributed by atoms with Gasteiger partial charge in [-0.1, -0.05) is 60.9 Å². The van der Waals surface area contributed by atoms with Crippen LogP contribution in [0.1, 0.15) is 49.3 Å². The number of aryl methyl sites for hydroxylation is 1. The molecule has 166 valence electrons. The monoisotopic (exact) mass is 442 g/mol. The Morgan fingerprint density at radius 3 is 2.52 bits per heavy atom. The molecule has 3 atom stereocenters. The number of aliphatic hydroxyl groups is 1. The van der Waals surface area contributed by atoms with Gasteiger partial charge in [-0.15, -0.1) is 0 Å². The molecule has 2 aromatic carbocycles. The van der Waals surface area contributed by atoms with E-state index in [1.54, 1.807) is 53.4 Å². The average Bonchev–Trinajstić information content (AvgIpc) is 2.77. The van der Waals surface area contributed by atoms with Crippen molar-refractivity contribution in [2.45, 2.75) is 55.6 Å². The number of carbonyl (C=O) groups excluding carboxylic acids is 1. The van der Waals surface area contributed by atoms with E-state index in [2.05, 4.69) is 4.72 Å². The van der Waals surface area contributed by atoms with Crippen molar-refractivity contribution >= 4 is 15.9 Å². The van der Waals surface area contributed by atoms with Gasteiger partial charge in [0.2, 0.25) is 15.9 Å². The van der Waals surface area contributed by atoms with Crippen LogP contribution < -0.4 is 4.72 Å². The van der Waals surface area contributed by atoms with Gasteiger partial charge in [-0.3, -0.25) is 4.79 Å². The van der Waals surface area contributed by atoms with Crippen molar-refractivity contribution in [2.24, 2.45) is 5.92 Å².